The maximum absolute atomic E-state index is 5.62. The van der Waals surface area contributed by atoms with E-state index in [1.807, 2.05) is 6.92 Å². The summed E-state index contributed by atoms with van der Waals surface area (Å²) in [5.41, 5.74) is 6.32. The van der Waals surface area contributed by atoms with Crippen molar-refractivity contribution in [3.63, 3.8) is 0 Å². The Balaban J connectivity index is 2.75. The van der Waals surface area contributed by atoms with E-state index in [9.17, 15) is 0 Å². The summed E-state index contributed by atoms with van der Waals surface area (Å²) in [6.07, 6.45) is 0. The van der Waals surface area contributed by atoms with Gasteiger partial charge in [-0.3, -0.25) is 0 Å². The second-order valence-corrected chi connectivity index (χ2v) is 3.71. The quantitative estimate of drug-likeness (QED) is 0.594. The summed E-state index contributed by atoms with van der Waals surface area (Å²) in [7, 11) is 1.60. The van der Waals surface area contributed by atoms with Crippen molar-refractivity contribution in [2.45, 2.75) is 6.92 Å². The third kappa shape index (κ3) is 4.20. The highest BCUT2D eigenvalue weighted by Gasteiger charge is 2.08. The fourth-order valence-electron chi connectivity index (χ4n) is 1.31. The largest absolute Gasteiger partial charge is 0.497 e. The maximum Gasteiger partial charge on any atom is 0.133 e. The van der Waals surface area contributed by atoms with Gasteiger partial charge in [0.2, 0.25) is 0 Å². The number of hydrogen-bond acceptors (Lipinski definition) is 4. The first-order valence-corrected chi connectivity index (χ1v) is 5.78. The van der Waals surface area contributed by atoms with Gasteiger partial charge in [0.25, 0.3) is 0 Å². The molecular weight excluding hydrogens is 238 g/mol. The van der Waals surface area contributed by atoms with Crippen LogP contribution in [0.2, 0.25) is 0 Å². The molecule has 0 spiro atoms. The Bertz CT molecular complexity index is 382. The molecule has 0 fully saturated rings. The van der Waals surface area contributed by atoms with E-state index in [2.05, 4.69) is 0 Å². The van der Waals surface area contributed by atoms with Crippen LogP contribution in [0.1, 0.15) is 12.5 Å². The molecule has 5 heteroatoms. The summed E-state index contributed by atoms with van der Waals surface area (Å²) < 4.78 is 15.9. The number of hydrogen-bond donors (Lipinski definition) is 1. The highest BCUT2D eigenvalue weighted by molar-refractivity contribution is 7.80. The molecule has 0 aliphatic rings. The topological polar surface area (TPSA) is 53.7 Å². The molecule has 0 saturated carbocycles. The van der Waals surface area contributed by atoms with Crippen LogP contribution in [0.5, 0.6) is 11.5 Å². The molecule has 0 amide bonds. The van der Waals surface area contributed by atoms with Crippen molar-refractivity contribution in [3.8, 4) is 11.5 Å². The van der Waals surface area contributed by atoms with Crippen LogP contribution >= 0.6 is 12.2 Å². The molecule has 1 aromatic rings. The predicted molar refractivity (Wildman–Crippen MR) is 70.9 cm³/mol. The van der Waals surface area contributed by atoms with Gasteiger partial charge in [0.05, 0.1) is 19.3 Å². The Morgan fingerprint density at radius 1 is 1.35 bits per heavy atom. The molecule has 0 aromatic heterocycles. The molecule has 1 rings (SSSR count). The van der Waals surface area contributed by atoms with E-state index in [4.69, 9.17) is 32.2 Å². The van der Waals surface area contributed by atoms with Crippen molar-refractivity contribution in [1.29, 1.82) is 0 Å². The molecule has 0 atom stereocenters. The maximum atomic E-state index is 5.62. The second kappa shape index (κ2) is 7.09. The number of ether oxygens (including phenoxy) is 3. The molecular formula is C12H17NO3S. The Morgan fingerprint density at radius 2 is 2.12 bits per heavy atom. The van der Waals surface area contributed by atoms with Crippen molar-refractivity contribution < 1.29 is 14.2 Å². The van der Waals surface area contributed by atoms with Crippen LogP contribution < -0.4 is 15.2 Å². The zero-order valence-corrected chi connectivity index (χ0v) is 10.9. The minimum absolute atomic E-state index is 0.305. The molecule has 17 heavy (non-hydrogen) atoms. The normalized spacial score (nSPS) is 10.0. The van der Waals surface area contributed by atoms with Crippen LogP contribution in [0.25, 0.3) is 0 Å². The molecule has 94 valence electrons. The van der Waals surface area contributed by atoms with Crippen molar-refractivity contribution in [3.05, 3.63) is 23.8 Å². The van der Waals surface area contributed by atoms with Gasteiger partial charge in [0.1, 0.15) is 23.1 Å². The van der Waals surface area contributed by atoms with Crippen molar-refractivity contribution in [2.75, 3.05) is 26.9 Å². The lowest BCUT2D eigenvalue weighted by Crippen LogP contribution is -2.14. The monoisotopic (exact) mass is 255 g/mol. The van der Waals surface area contributed by atoms with Crippen LogP contribution in [0, 0.1) is 0 Å². The van der Waals surface area contributed by atoms with Gasteiger partial charge in [-0.05, 0) is 19.1 Å². The molecule has 2 N–H and O–H groups in total. The predicted octanol–water partition coefficient (Wildman–Crippen LogP) is 1.74. The summed E-state index contributed by atoms with van der Waals surface area (Å²) in [5, 5.41) is 0. The number of methoxy groups -OCH3 is 1. The van der Waals surface area contributed by atoms with E-state index in [0.717, 1.165) is 0 Å². The molecule has 0 aliphatic heterocycles. The van der Waals surface area contributed by atoms with E-state index in [1.54, 1.807) is 25.3 Å². The van der Waals surface area contributed by atoms with Gasteiger partial charge in [-0.1, -0.05) is 12.2 Å². The van der Waals surface area contributed by atoms with E-state index in [1.165, 1.54) is 0 Å². The second-order valence-electron chi connectivity index (χ2n) is 3.27. The van der Waals surface area contributed by atoms with Crippen LogP contribution in [-0.2, 0) is 4.74 Å². The minimum atomic E-state index is 0.305. The minimum Gasteiger partial charge on any atom is -0.497 e. The fraction of sp³-hybridized carbons (Fsp3) is 0.417. The summed E-state index contributed by atoms with van der Waals surface area (Å²) in [6, 6.07) is 5.35. The Labute approximate surface area is 107 Å². The van der Waals surface area contributed by atoms with Gasteiger partial charge < -0.3 is 19.9 Å². The van der Waals surface area contributed by atoms with Crippen molar-refractivity contribution >= 4 is 17.2 Å². The molecule has 0 bridgehead atoms. The van der Waals surface area contributed by atoms with Crippen LogP contribution in [0.4, 0.5) is 0 Å². The zero-order chi connectivity index (χ0) is 12.7. The first kappa shape index (κ1) is 13.7. The highest BCUT2D eigenvalue weighted by atomic mass is 32.1. The standard InChI is InChI=1S/C12H17NO3S/c1-3-15-6-7-16-11-8-9(14-2)4-5-10(11)12(13)17/h4-5,8H,3,6-7H2,1-2H3,(H2,13,17). The number of rotatable bonds is 7. The fourth-order valence-corrected chi connectivity index (χ4v) is 1.48. The van der Waals surface area contributed by atoms with Crippen molar-refractivity contribution in [1.82, 2.24) is 0 Å². The lowest BCUT2D eigenvalue weighted by Gasteiger charge is -2.12. The molecule has 0 aliphatic carbocycles. The number of benzene rings is 1. The molecule has 0 heterocycles. The average molecular weight is 255 g/mol. The Hall–Kier alpha value is -1.33. The third-order valence-corrected chi connectivity index (χ3v) is 2.36. The average Bonchev–Trinajstić information content (AvgIpc) is 2.34. The van der Waals surface area contributed by atoms with Gasteiger partial charge in [-0.2, -0.15) is 0 Å². The van der Waals surface area contributed by atoms with Gasteiger partial charge in [0.15, 0.2) is 0 Å². The Kier molecular flexibility index (Phi) is 5.72. The summed E-state index contributed by atoms with van der Waals surface area (Å²) >= 11 is 4.96. The van der Waals surface area contributed by atoms with E-state index in [-0.39, 0.29) is 0 Å². The molecule has 4 nitrogen and oxygen atoms in total. The number of thiocarbonyl (C=S) groups is 1. The summed E-state index contributed by atoms with van der Waals surface area (Å²) in [4.78, 5) is 0.305. The van der Waals surface area contributed by atoms with Gasteiger partial charge >= 0.3 is 0 Å². The first-order chi connectivity index (χ1) is 8.19. The lowest BCUT2D eigenvalue weighted by atomic mass is 10.2. The summed E-state index contributed by atoms with van der Waals surface area (Å²) in [6.45, 7) is 3.59. The first-order valence-electron chi connectivity index (χ1n) is 5.37. The molecule has 0 saturated heterocycles. The van der Waals surface area contributed by atoms with Gasteiger partial charge in [0, 0.05) is 12.7 Å². The van der Waals surface area contributed by atoms with Gasteiger partial charge in [-0.15, -0.1) is 0 Å². The van der Waals surface area contributed by atoms with E-state index < -0.39 is 0 Å². The zero-order valence-electron chi connectivity index (χ0n) is 10.1. The SMILES string of the molecule is CCOCCOc1cc(OC)ccc1C(N)=S. The highest BCUT2D eigenvalue weighted by Crippen LogP contribution is 2.24. The van der Waals surface area contributed by atoms with E-state index in [0.29, 0.717) is 41.9 Å². The van der Waals surface area contributed by atoms with E-state index >= 15 is 0 Å². The van der Waals surface area contributed by atoms with Crippen LogP contribution in [-0.4, -0.2) is 31.9 Å². The van der Waals surface area contributed by atoms with Crippen LogP contribution in [0.15, 0.2) is 18.2 Å². The smallest absolute Gasteiger partial charge is 0.133 e. The molecule has 1 aromatic carbocycles. The van der Waals surface area contributed by atoms with Gasteiger partial charge in [-0.25, -0.2) is 0 Å². The third-order valence-electron chi connectivity index (χ3n) is 2.14. The summed E-state index contributed by atoms with van der Waals surface area (Å²) in [5.74, 6) is 1.33. The van der Waals surface area contributed by atoms with Crippen molar-refractivity contribution in [2.24, 2.45) is 5.73 Å². The molecule has 0 unspecified atom stereocenters. The van der Waals surface area contributed by atoms with Crippen LogP contribution in [0.3, 0.4) is 0 Å². The molecule has 0 radical (unpaired) electrons. The lowest BCUT2D eigenvalue weighted by molar-refractivity contribution is 0.110. The Morgan fingerprint density at radius 3 is 2.71 bits per heavy atom. The number of nitrogens with two attached hydrogens (primary N) is 1.